The maximum absolute atomic E-state index is 11.0. The van der Waals surface area contributed by atoms with Gasteiger partial charge in [0.15, 0.2) is 0 Å². The molecule has 0 spiro atoms. The van der Waals surface area contributed by atoms with Crippen molar-refractivity contribution < 1.29 is 14.7 Å². The predicted octanol–water partition coefficient (Wildman–Crippen LogP) is 1.56. The molecule has 74 valence electrons. The summed E-state index contributed by atoms with van der Waals surface area (Å²) in [6.07, 6.45) is 1.74. The van der Waals surface area contributed by atoms with Crippen LogP contribution in [-0.2, 0) is 9.59 Å². The number of aliphatic carboxylic acids is 1. The van der Waals surface area contributed by atoms with Crippen LogP contribution in [0.25, 0.3) is 0 Å². The molecule has 1 N–H and O–H groups in total. The number of thioether (sulfide) groups is 1. The Morgan fingerprint density at radius 2 is 2.23 bits per heavy atom. The number of hydrogen-bond acceptors (Lipinski definition) is 3. The summed E-state index contributed by atoms with van der Waals surface area (Å²) in [7, 11) is 0. The molecule has 4 heteroatoms. The van der Waals surface area contributed by atoms with Crippen LogP contribution in [0.1, 0.15) is 26.2 Å². The second-order valence-electron chi connectivity index (χ2n) is 3.62. The zero-order valence-corrected chi connectivity index (χ0v) is 8.52. The number of carboxylic acids is 1. The Morgan fingerprint density at radius 1 is 1.54 bits per heavy atom. The highest BCUT2D eigenvalue weighted by Gasteiger charge is 2.40. The first-order valence-corrected chi connectivity index (χ1v) is 5.53. The molecular formula is C9H14O3S. The average Bonchev–Trinajstić information content (AvgIpc) is 2.04. The third-order valence-corrected chi connectivity index (χ3v) is 3.70. The van der Waals surface area contributed by atoms with Gasteiger partial charge in [0.2, 0.25) is 0 Å². The van der Waals surface area contributed by atoms with Gasteiger partial charge in [0.25, 0.3) is 0 Å². The Labute approximate surface area is 81.9 Å². The van der Waals surface area contributed by atoms with Gasteiger partial charge in [-0.3, -0.25) is 9.59 Å². The molecule has 1 atom stereocenters. The molecule has 0 radical (unpaired) electrons. The molecular weight excluding hydrogens is 188 g/mol. The van der Waals surface area contributed by atoms with Crippen LogP contribution < -0.4 is 0 Å². The van der Waals surface area contributed by atoms with Crippen molar-refractivity contribution in [3.05, 3.63) is 0 Å². The van der Waals surface area contributed by atoms with E-state index in [1.165, 1.54) is 6.92 Å². The molecule has 3 nitrogen and oxygen atoms in total. The molecule has 13 heavy (non-hydrogen) atoms. The van der Waals surface area contributed by atoms with Crippen molar-refractivity contribution in [3.63, 3.8) is 0 Å². The smallest absolute Gasteiger partial charge is 0.310 e. The van der Waals surface area contributed by atoms with Crippen molar-refractivity contribution in [1.29, 1.82) is 0 Å². The van der Waals surface area contributed by atoms with Crippen LogP contribution >= 0.6 is 11.8 Å². The van der Waals surface area contributed by atoms with E-state index in [-0.39, 0.29) is 12.2 Å². The van der Waals surface area contributed by atoms with Gasteiger partial charge < -0.3 is 5.11 Å². The number of hydrogen-bond donors (Lipinski definition) is 1. The quantitative estimate of drug-likeness (QED) is 0.754. The minimum atomic E-state index is -0.810. The van der Waals surface area contributed by atoms with Gasteiger partial charge in [0, 0.05) is 12.2 Å². The molecule has 1 rings (SSSR count). The molecule has 1 aliphatic rings. The molecule has 1 heterocycles. The van der Waals surface area contributed by atoms with Gasteiger partial charge in [-0.05, 0) is 25.5 Å². The minimum absolute atomic E-state index is 0.0232. The van der Waals surface area contributed by atoms with Gasteiger partial charge in [-0.1, -0.05) is 0 Å². The molecule has 0 amide bonds. The van der Waals surface area contributed by atoms with E-state index in [2.05, 4.69) is 0 Å². The highest BCUT2D eigenvalue weighted by Crippen LogP contribution is 2.37. The zero-order valence-electron chi connectivity index (χ0n) is 7.71. The molecule has 1 unspecified atom stereocenters. The van der Waals surface area contributed by atoms with E-state index in [0.717, 1.165) is 12.2 Å². The molecule has 1 fully saturated rings. The number of carbonyl (C=O) groups is 2. The van der Waals surface area contributed by atoms with Crippen LogP contribution in [0.5, 0.6) is 0 Å². The normalized spacial score (nSPS) is 28.4. The molecule has 0 aromatic carbocycles. The van der Waals surface area contributed by atoms with Crippen LogP contribution in [0.3, 0.4) is 0 Å². The summed E-state index contributed by atoms with van der Waals surface area (Å²) in [6, 6.07) is 0. The molecule has 1 aliphatic heterocycles. The van der Waals surface area contributed by atoms with E-state index >= 15 is 0 Å². The van der Waals surface area contributed by atoms with Crippen LogP contribution in [0.15, 0.2) is 0 Å². The van der Waals surface area contributed by atoms with Crippen molar-refractivity contribution >= 4 is 23.5 Å². The van der Waals surface area contributed by atoms with Gasteiger partial charge in [0.05, 0.1) is 5.41 Å². The van der Waals surface area contributed by atoms with E-state index in [9.17, 15) is 9.59 Å². The fraction of sp³-hybridized carbons (Fsp3) is 0.778. The van der Waals surface area contributed by atoms with Gasteiger partial charge in [0.1, 0.15) is 5.78 Å². The van der Waals surface area contributed by atoms with Crippen molar-refractivity contribution in [2.24, 2.45) is 5.41 Å². The lowest BCUT2D eigenvalue weighted by Crippen LogP contribution is -2.37. The number of Topliss-reactive ketones (excluding diaryl/α,β-unsaturated/α-hetero) is 1. The summed E-state index contributed by atoms with van der Waals surface area (Å²) in [5.41, 5.74) is -0.769. The van der Waals surface area contributed by atoms with Crippen molar-refractivity contribution in [2.75, 3.05) is 11.5 Å². The van der Waals surface area contributed by atoms with Crippen molar-refractivity contribution in [1.82, 2.24) is 0 Å². The van der Waals surface area contributed by atoms with Crippen molar-refractivity contribution in [3.8, 4) is 0 Å². The van der Waals surface area contributed by atoms with Gasteiger partial charge >= 0.3 is 5.97 Å². The minimum Gasteiger partial charge on any atom is -0.481 e. The van der Waals surface area contributed by atoms with E-state index in [0.29, 0.717) is 12.2 Å². The predicted molar refractivity (Wildman–Crippen MR) is 51.9 cm³/mol. The first-order valence-electron chi connectivity index (χ1n) is 4.37. The molecule has 0 bridgehead atoms. The maximum Gasteiger partial charge on any atom is 0.310 e. The summed E-state index contributed by atoms with van der Waals surface area (Å²) in [6.45, 7) is 1.46. The third kappa shape index (κ3) is 2.46. The Bertz CT molecular complexity index is 219. The Morgan fingerprint density at radius 3 is 2.62 bits per heavy atom. The maximum atomic E-state index is 11.0. The number of rotatable bonds is 3. The fourth-order valence-corrected chi connectivity index (χ4v) is 2.97. The highest BCUT2D eigenvalue weighted by atomic mass is 32.2. The largest absolute Gasteiger partial charge is 0.481 e. The summed E-state index contributed by atoms with van der Waals surface area (Å²) < 4.78 is 0. The SMILES string of the molecule is CC(=O)CC1(C(=O)O)CCCSC1. The lowest BCUT2D eigenvalue weighted by molar-refractivity contribution is -0.150. The first-order chi connectivity index (χ1) is 6.07. The first kappa shape index (κ1) is 10.6. The van der Waals surface area contributed by atoms with E-state index in [4.69, 9.17) is 5.11 Å². The summed E-state index contributed by atoms with van der Waals surface area (Å²) in [4.78, 5) is 22.0. The molecule has 0 aliphatic carbocycles. The molecule has 0 aromatic heterocycles. The standard InChI is InChI=1S/C9H14O3S/c1-7(10)5-9(8(11)12)3-2-4-13-6-9/h2-6H2,1H3,(H,11,12). The second kappa shape index (κ2) is 4.13. The van der Waals surface area contributed by atoms with Gasteiger partial charge in [-0.25, -0.2) is 0 Å². The summed E-state index contributed by atoms with van der Waals surface area (Å²) in [5, 5.41) is 9.07. The Hall–Kier alpha value is -0.510. The van der Waals surface area contributed by atoms with Crippen LogP contribution in [-0.4, -0.2) is 28.4 Å². The topological polar surface area (TPSA) is 54.4 Å². The van der Waals surface area contributed by atoms with Crippen molar-refractivity contribution in [2.45, 2.75) is 26.2 Å². The molecule has 0 saturated carbocycles. The van der Waals surface area contributed by atoms with Crippen LogP contribution in [0, 0.1) is 5.41 Å². The summed E-state index contributed by atoms with van der Waals surface area (Å²) >= 11 is 1.64. The highest BCUT2D eigenvalue weighted by molar-refractivity contribution is 7.99. The number of ketones is 1. The van der Waals surface area contributed by atoms with Gasteiger partial charge in [-0.2, -0.15) is 11.8 Å². The number of carboxylic acid groups (broad SMARTS) is 1. The third-order valence-electron chi connectivity index (χ3n) is 2.36. The average molecular weight is 202 g/mol. The fourth-order valence-electron chi connectivity index (χ4n) is 1.71. The van der Waals surface area contributed by atoms with Gasteiger partial charge in [-0.15, -0.1) is 0 Å². The number of carbonyl (C=O) groups excluding carboxylic acids is 1. The second-order valence-corrected chi connectivity index (χ2v) is 4.73. The van der Waals surface area contributed by atoms with Crippen LogP contribution in [0.4, 0.5) is 0 Å². The van der Waals surface area contributed by atoms with Crippen LogP contribution in [0.2, 0.25) is 0 Å². The van der Waals surface area contributed by atoms with E-state index in [1.807, 2.05) is 0 Å². The lowest BCUT2D eigenvalue weighted by atomic mass is 9.80. The van der Waals surface area contributed by atoms with E-state index < -0.39 is 11.4 Å². The molecule has 0 aromatic rings. The summed E-state index contributed by atoms with van der Waals surface area (Å²) in [5.74, 6) is 0.772. The Balaban J connectivity index is 2.73. The Kier molecular flexibility index (Phi) is 3.36. The zero-order chi connectivity index (χ0) is 9.90. The molecule has 1 saturated heterocycles. The van der Waals surface area contributed by atoms with E-state index in [1.54, 1.807) is 11.8 Å². The lowest BCUT2D eigenvalue weighted by Gasteiger charge is -2.31. The monoisotopic (exact) mass is 202 g/mol.